The molecule has 124 valence electrons. The van der Waals surface area contributed by atoms with Crippen LogP contribution in [0.4, 0.5) is 13.2 Å². The Kier molecular flexibility index (Phi) is 5.14. The number of halogens is 3. The van der Waals surface area contributed by atoms with Crippen molar-refractivity contribution in [1.82, 2.24) is 5.32 Å². The van der Waals surface area contributed by atoms with Crippen molar-refractivity contribution in [1.29, 1.82) is 5.26 Å². The number of amides is 1. The number of nitrogens with one attached hydrogen (secondary N) is 1. The van der Waals surface area contributed by atoms with Crippen molar-refractivity contribution < 1.29 is 23.1 Å². The smallest absolute Gasteiger partial charge is 0.416 e. The van der Waals surface area contributed by atoms with Gasteiger partial charge in [0.2, 0.25) is 0 Å². The van der Waals surface area contributed by atoms with Crippen LogP contribution in [0, 0.1) is 17.2 Å². The van der Waals surface area contributed by atoms with Gasteiger partial charge in [0.25, 0.3) is 5.91 Å². The van der Waals surface area contributed by atoms with Crippen LogP contribution in [0.1, 0.15) is 48.0 Å². The lowest BCUT2D eigenvalue weighted by Crippen LogP contribution is -2.40. The fraction of sp³-hybridized carbons (Fsp3) is 0.500. The summed E-state index contributed by atoms with van der Waals surface area (Å²) >= 11 is 0. The van der Waals surface area contributed by atoms with E-state index < -0.39 is 29.4 Å². The average molecular weight is 326 g/mol. The summed E-state index contributed by atoms with van der Waals surface area (Å²) in [4.78, 5) is 12.1. The number of phenols is 1. The average Bonchev–Trinajstić information content (AvgIpc) is 2.52. The molecule has 1 saturated carbocycles. The third kappa shape index (κ3) is 4.15. The van der Waals surface area contributed by atoms with Crippen LogP contribution in [-0.4, -0.2) is 17.1 Å². The van der Waals surface area contributed by atoms with Gasteiger partial charge in [-0.2, -0.15) is 18.4 Å². The number of hydrogen-bond acceptors (Lipinski definition) is 3. The van der Waals surface area contributed by atoms with Gasteiger partial charge in [-0.1, -0.05) is 19.3 Å². The Morgan fingerprint density at radius 3 is 2.48 bits per heavy atom. The molecule has 0 aliphatic heterocycles. The number of carbonyl (C=O) groups is 1. The van der Waals surface area contributed by atoms with Crippen molar-refractivity contribution >= 4 is 5.91 Å². The molecule has 1 aliphatic carbocycles. The lowest BCUT2D eigenvalue weighted by Gasteiger charge is -2.26. The van der Waals surface area contributed by atoms with Crippen molar-refractivity contribution in [2.45, 2.75) is 44.3 Å². The monoisotopic (exact) mass is 326 g/mol. The first kappa shape index (κ1) is 17.1. The van der Waals surface area contributed by atoms with Crippen molar-refractivity contribution in [2.24, 2.45) is 5.92 Å². The number of nitriles is 1. The van der Waals surface area contributed by atoms with Crippen LogP contribution in [0.5, 0.6) is 5.75 Å². The lowest BCUT2D eigenvalue weighted by molar-refractivity contribution is -0.137. The third-order valence-electron chi connectivity index (χ3n) is 4.12. The van der Waals surface area contributed by atoms with Crippen LogP contribution in [0.25, 0.3) is 0 Å². The minimum atomic E-state index is -4.59. The number of phenolic OH excluding ortho intramolecular Hbond substituents is 1. The van der Waals surface area contributed by atoms with Gasteiger partial charge in [0.05, 0.1) is 17.2 Å². The topological polar surface area (TPSA) is 73.1 Å². The second kappa shape index (κ2) is 6.90. The Bertz CT molecular complexity index is 617. The third-order valence-corrected chi connectivity index (χ3v) is 4.12. The second-order valence-corrected chi connectivity index (χ2v) is 5.71. The Hall–Kier alpha value is -2.23. The fourth-order valence-corrected chi connectivity index (χ4v) is 2.84. The molecule has 0 saturated heterocycles. The first-order chi connectivity index (χ1) is 10.8. The maximum Gasteiger partial charge on any atom is 0.416 e. The van der Waals surface area contributed by atoms with Crippen LogP contribution in [-0.2, 0) is 6.18 Å². The summed E-state index contributed by atoms with van der Waals surface area (Å²) < 4.78 is 37.7. The maximum absolute atomic E-state index is 12.6. The van der Waals surface area contributed by atoms with Crippen molar-refractivity contribution in [3.63, 3.8) is 0 Å². The largest absolute Gasteiger partial charge is 0.507 e. The molecule has 1 aliphatic rings. The molecule has 0 bridgehead atoms. The molecule has 0 aromatic heterocycles. The Morgan fingerprint density at radius 1 is 1.30 bits per heavy atom. The highest BCUT2D eigenvalue weighted by molar-refractivity contribution is 5.97. The van der Waals surface area contributed by atoms with Gasteiger partial charge in [-0.3, -0.25) is 4.79 Å². The minimum Gasteiger partial charge on any atom is -0.507 e. The van der Waals surface area contributed by atoms with E-state index in [1.807, 2.05) is 6.07 Å². The SMILES string of the molecule is N#CC(NC(=O)c1ccc(C(F)(F)F)cc1O)C1CCCCC1. The van der Waals surface area contributed by atoms with Crippen LogP contribution in [0.2, 0.25) is 0 Å². The molecule has 1 aromatic carbocycles. The predicted molar refractivity (Wildman–Crippen MR) is 76.6 cm³/mol. The molecule has 1 unspecified atom stereocenters. The van der Waals surface area contributed by atoms with E-state index in [-0.39, 0.29) is 11.5 Å². The van der Waals surface area contributed by atoms with E-state index in [0.717, 1.165) is 44.2 Å². The summed E-state index contributed by atoms with van der Waals surface area (Å²) in [6.45, 7) is 0. The maximum atomic E-state index is 12.6. The summed E-state index contributed by atoms with van der Waals surface area (Å²) in [5.41, 5.74) is -1.30. The van der Waals surface area contributed by atoms with E-state index in [1.165, 1.54) is 0 Å². The second-order valence-electron chi connectivity index (χ2n) is 5.71. The molecule has 7 heteroatoms. The lowest BCUT2D eigenvalue weighted by atomic mass is 9.84. The quantitative estimate of drug-likeness (QED) is 0.891. The summed E-state index contributed by atoms with van der Waals surface area (Å²) in [5, 5.41) is 21.4. The Balaban J connectivity index is 2.12. The van der Waals surface area contributed by atoms with Gasteiger partial charge in [0.15, 0.2) is 0 Å². The molecule has 1 fully saturated rings. The summed E-state index contributed by atoms with van der Waals surface area (Å²) in [6.07, 6.45) is 0.148. The van der Waals surface area contributed by atoms with Gasteiger partial charge >= 0.3 is 6.18 Å². The number of aromatic hydroxyl groups is 1. The molecule has 2 N–H and O–H groups in total. The highest BCUT2D eigenvalue weighted by Crippen LogP contribution is 2.33. The first-order valence-corrected chi connectivity index (χ1v) is 7.43. The minimum absolute atomic E-state index is 0.0364. The zero-order valence-corrected chi connectivity index (χ0v) is 12.4. The molecule has 0 heterocycles. The zero-order chi connectivity index (χ0) is 17.0. The van der Waals surface area contributed by atoms with Crippen LogP contribution >= 0.6 is 0 Å². The van der Waals surface area contributed by atoms with E-state index in [0.29, 0.717) is 6.07 Å². The number of benzene rings is 1. The Morgan fingerprint density at radius 2 is 1.96 bits per heavy atom. The van der Waals surface area contributed by atoms with E-state index in [4.69, 9.17) is 0 Å². The van der Waals surface area contributed by atoms with Crippen molar-refractivity contribution in [3.8, 4) is 11.8 Å². The number of alkyl halides is 3. The van der Waals surface area contributed by atoms with E-state index >= 15 is 0 Å². The van der Waals surface area contributed by atoms with Gasteiger partial charge in [-0.15, -0.1) is 0 Å². The normalized spacial score (nSPS) is 17.3. The number of nitrogens with zero attached hydrogens (tertiary/aromatic N) is 1. The standard InChI is InChI=1S/C16H17F3N2O2/c17-16(18,19)11-6-7-12(14(22)8-11)15(23)21-13(9-20)10-4-2-1-3-5-10/h6-8,10,13,22H,1-5H2,(H,21,23). The zero-order valence-electron chi connectivity index (χ0n) is 12.4. The first-order valence-electron chi connectivity index (χ1n) is 7.43. The molecule has 4 nitrogen and oxygen atoms in total. The summed E-state index contributed by atoms with van der Waals surface area (Å²) in [5.74, 6) is -1.46. The molecule has 0 radical (unpaired) electrons. The van der Waals surface area contributed by atoms with Gasteiger partial charge in [0.1, 0.15) is 11.8 Å². The van der Waals surface area contributed by atoms with Gasteiger partial charge < -0.3 is 10.4 Å². The molecule has 23 heavy (non-hydrogen) atoms. The molecular weight excluding hydrogens is 309 g/mol. The van der Waals surface area contributed by atoms with Crippen molar-refractivity contribution in [3.05, 3.63) is 29.3 Å². The van der Waals surface area contributed by atoms with Crippen LogP contribution in [0.3, 0.4) is 0 Å². The molecule has 1 aromatic rings. The number of carbonyl (C=O) groups excluding carboxylic acids is 1. The Labute approximate surface area is 131 Å². The molecule has 1 amide bonds. The fourth-order valence-electron chi connectivity index (χ4n) is 2.84. The van der Waals surface area contributed by atoms with Gasteiger partial charge in [-0.05, 0) is 37.0 Å². The van der Waals surface area contributed by atoms with E-state index in [9.17, 15) is 28.3 Å². The van der Waals surface area contributed by atoms with Crippen LogP contribution in [0.15, 0.2) is 18.2 Å². The highest BCUT2D eigenvalue weighted by Gasteiger charge is 2.32. The highest BCUT2D eigenvalue weighted by atomic mass is 19.4. The summed E-state index contributed by atoms with van der Waals surface area (Å²) in [7, 11) is 0. The molecule has 2 rings (SSSR count). The van der Waals surface area contributed by atoms with Gasteiger partial charge in [-0.25, -0.2) is 0 Å². The summed E-state index contributed by atoms with van der Waals surface area (Å²) in [6, 6.07) is 3.49. The molecule has 1 atom stereocenters. The van der Waals surface area contributed by atoms with E-state index in [2.05, 4.69) is 5.32 Å². The van der Waals surface area contributed by atoms with Crippen LogP contribution < -0.4 is 5.32 Å². The number of hydrogen-bond donors (Lipinski definition) is 2. The van der Waals surface area contributed by atoms with Crippen molar-refractivity contribution in [2.75, 3.05) is 0 Å². The van der Waals surface area contributed by atoms with E-state index in [1.54, 1.807) is 0 Å². The molecule has 0 spiro atoms. The van der Waals surface area contributed by atoms with Gasteiger partial charge in [0, 0.05) is 0 Å². The number of rotatable bonds is 3. The predicted octanol–water partition coefficient (Wildman–Crippen LogP) is 3.61. The molecular formula is C16H17F3N2O2.